The molecular weight excluding hydrogens is 404 g/mol. The van der Waals surface area contributed by atoms with Crippen molar-refractivity contribution in [3.8, 4) is 22.3 Å². The summed E-state index contributed by atoms with van der Waals surface area (Å²) in [5, 5.41) is 14.8. The number of para-hydroxylation sites is 1. The molecule has 5 aromatic carbocycles. The molecule has 1 aromatic heterocycles. The molecule has 6 aromatic rings. The molecule has 1 aliphatic rings. The number of hydrogen-bond donors (Lipinski definition) is 1. The summed E-state index contributed by atoms with van der Waals surface area (Å²) in [6.07, 6.45) is 0. The first-order valence-electron chi connectivity index (χ1n) is 11.2. The van der Waals surface area contributed by atoms with Crippen molar-refractivity contribution in [3.63, 3.8) is 0 Å². The second-order valence-corrected chi connectivity index (χ2v) is 8.63. The Hall–Kier alpha value is -4.14. The van der Waals surface area contributed by atoms with E-state index in [-0.39, 0.29) is 0 Å². The first-order chi connectivity index (χ1) is 16.3. The fourth-order valence-electron chi connectivity index (χ4n) is 5.53. The Morgan fingerprint density at radius 3 is 1.97 bits per heavy atom. The van der Waals surface area contributed by atoms with Crippen LogP contribution in [0.3, 0.4) is 0 Å². The third-order valence-corrected chi connectivity index (χ3v) is 6.91. The highest BCUT2D eigenvalue weighted by atomic mass is 16.3. The Labute approximate surface area is 191 Å². The highest BCUT2D eigenvalue weighted by molar-refractivity contribution is 6.11. The van der Waals surface area contributed by atoms with Crippen LogP contribution in [0.1, 0.15) is 16.7 Å². The van der Waals surface area contributed by atoms with Gasteiger partial charge in [0.1, 0.15) is 16.8 Å². The Morgan fingerprint density at radius 2 is 1.15 bits per heavy atom. The third kappa shape index (κ3) is 2.41. The maximum Gasteiger partial charge on any atom is 0.143 e. The van der Waals surface area contributed by atoms with Gasteiger partial charge in [-0.2, -0.15) is 0 Å². The first kappa shape index (κ1) is 18.4. The van der Waals surface area contributed by atoms with Crippen LogP contribution in [0.25, 0.3) is 44.2 Å². The molecule has 1 unspecified atom stereocenters. The summed E-state index contributed by atoms with van der Waals surface area (Å²) in [4.78, 5) is 0. The smallest absolute Gasteiger partial charge is 0.143 e. The van der Waals surface area contributed by atoms with Crippen molar-refractivity contribution >= 4 is 21.9 Å². The fourth-order valence-corrected chi connectivity index (χ4v) is 5.53. The van der Waals surface area contributed by atoms with Crippen LogP contribution >= 0.6 is 0 Å². The third-order valence-electron chi connectivity index (χ3n) is 6.91. The van der Waals surface area contributed by atoms with Crippen LogP contribution < -0.4 is 0 Å². The van der Waals surface area contributed by atoms with Crippen molar-refractivity contribution in [2.45, 2.75) is 5.60 Å². The summed E-state index contributed by atoms with van der Waals surface area (Å²) < 4.78 is 6.21. The summed E-state index contributed by atoms with van der Waals surface area (Å²) in [5.41, 5.74) is 7.19. The molecule has 1 aliphatic carbocycles. The maximum absolute atomic E-state index is 12.8. The van der Waals surface area contributed by atoms with Crippen LogP contribution in [0.4, 0.5) is 0 Å². The lowest BCUT2D eigenvalue weighted by molar-refractivity contribution is 0.133. The van der Waals surface area contributed by atoms with E-state index in [1.54, 1.807) is 0 Å². The van der Waals surface area contributed by atoms with Crippen molar-refractivity contribution in [2.75, 3.05) is 0 Å². The molecule has 1 atom stereocenters. The van der Waals surface area contributed by atoms with E-state index in [9.17, 15) is 5.11 Å². The minimum atomic E-state index is -1.31. The molecule has 0 spiro atoms. The highest BCUT2D eigenvalue weighted by Gasteiger charge is 2.46. The lowest BCUT2D eigenvalue weighted by atomic mass is 9.79. The normalized spacial score (nSPS) is 16.8. The predicted molar refractivity (Wildman–Crippen MR) is 133 cm³/mol. The molecule has 1 N–H and O–H groups in total. The molecule has 0 amide bonds. The van der Waals surface area contributed by atoms with Crippen molar-refractivity contribution in [1.29, 1.82) is 0 Å². The summed E-state index contributed by atoms with van der Waals surface area (Å²) in [5.74, 6) is 0. The van der Waals surface area contributed by atoms with Gasteiger partial charge in [-0.3, -0.25) is 0 Å². The Balaban J connectivity index is 1.66. The van der Waals surface area contributed by atoms with Crippen molar-refractivity contribution in [2.24, 2.45) is 0 Å². The number of rotatable bonds is 2. The monoisotopic (exact) mass is 424 g/mol. The molecule has 0 saturated carbocycles. The van der Waals surface area contributed by atoms with Gasteiger partial charge in [-0.1, -0.05) is 103 Å². The zero-order chi connectivity index (χ0) is 22.0. The van der Waals surface area contributed by atoms with Gasteiger partial charge < -0.3 is 9.52 Å². The average Bonchev–Trinajstić information content (AvgIpc) is 3.38. The number of furan rings is 1. The molecule has 0 fully saturated rings. The van der Waals surface area contributed by atoms with Crippen molar-refractivity contribution in [3.05, 3.63) is 132 Å². The minimum absolute atomic E-state index is 0.790. The Bertz CT molecular complexity index is 1680. The van der Waals surface area contributed by atoms with E-state index in [1.807, 2.05) is 72.8 Å². The van der Waals surface area contributed by atoms with Crippen LogP contribution in [0, 0.1) is 0 Å². The molecule has 7 rings (SSSR count). The lowest BCUT2D eigenvalue weighted by Crippen LogP contribution is -2.27. The van der Waals surface area contributed by atoms with E-state index in [0.29, 0.717) is 0 Å². The van der Waals surface area contributed by atoms with Gasteiger partial charge in [0, 0.05) is 27.5 Å². The fraction of sp³-hybridized carbons (Fsp3) is 0.0323. The highest BCUT2D eigenvalue weighted by Crippen LogP contribution is 2.56. The topological polar surface area (TPSA) is 33.4 Å². The van der Waals surface area contributed by atoms with E-state index in [4.69, 9.17) is 4.42 Å². The van der Waals surface area contributed by atoms with Gasteiger partial charge >= 0.3 is 0 Å². The van der Waals surface area contributed by atoms with Gasteiger partial charge in [0.2, 0.25) is 0 Å². The van der Waals surface area contributed by atoms with Gasteiger partial charge in [-0.15, -0.1) is 0 Å². The zero-order valence-electron chi connectivity index (χ0n) is 17.8. The van der Waals surface area contributed by atoms with Crippen molar-refractivity contribution < 1.29 is 9.52 Å². The van der Waals surface area contributed by atoms with E-state index in [1.165, 1.54) is 0 Å². The summed E-state index contributed by atoms with van der Waals surface area (Å²) in [7, 11) is 0. The second-order valence-electron chi connectivity index (χ2n) is 8.63. The Morgan fingerprint density at radius 1 is 0.515 bits per heavy atom. The van der Waals surface area contributed by atoms with E-state index >= 15 is 0 Å². The quantitative estimate of drug-likeness (QED) is 0.312. The molecule has 2 heteroatoms. The largest absolute Gasteiger partial charge is 0.456 e. The molecule has 0 aliphatic heterocycles. The van der Waals surface area contributed by atoms with E-state index in [0.717, 1.165) is 60.9 Å². The van der Waals surface area contributed by atoms with Crippen LogP contribution in [0.2, 0.25) is 0 Å². The van der Waals surface area contributed by atoms with Gasteiger partial charge in [-0.05, 0) is 34.4 Å². The standard InChI is InChI=1S/C31H20O2/c32-31(25-15-7-4-12-21(25)20-10-2-1-3-11-20)26-16-8-5-13-22(26)23-18-19-28-29(30(23)31)24-14-6-9-17-27(24)33-28/h1-19,32H. The SMILES string of the molecule is OC1(c2ccccc2-c2ccccc2)c2ccccc2-c2ccc3oc4ccccc4c3c21. The first-order valence-corrected chi connectivity index (χ1v) is 11.2. The van der Waals surface area contributed by atoms with Crippen molar-refractivity contribution in [1.82, 2.24) is 0 Å². The molecule has 33 heavy (non-hydrogen) atoms. The molecule has 0 saturated heterocycles. The zero-order valence-corrected chi connectivity index (χ0v) is 17.8. The maximum atomic E-state index is 12.8. The number of fused-ring (bicyclic) bond motifs is 7. The molecular formula is C31H20O2. The molecule has 156 valence electrons. The van der Waals surface area contributed by atoms with E-state index < -0.39 is 5.60 Å². The van der Waals surface area contributed by atoms with Crippen LogP contribution in [-0.2, 0) is 5.60 Å². The summed E-state index contributed by atoms with van der Waals surface area (Å²) >= 11 is 0. The predicted octanol–water partition coefficient (Wildman–Crippen LogP) is 7.52. The number of hydrogen-bond acceptors (Lipinski definition) is 2. The number of aliphatic hydroxyl groups is 1. The summed E-state index contributed by atoms with van der Waals surface area (Å²) in [6, 6.07) is 38.8. The molecule has 1 heterocycles. The van der Waals surface area contributed by atoms with Gasteiger partial charge in [0.25, 0.3) is 0 Å². The van der Waals surface area contributed by atoms with E-state index in [2.05, 4.69) is 42.5 Å². The van der Waals surface area contributed by atoms with Crippen LogP contribution in [-0.4, -0.2) is 5.11 Å². The van der Waals surface area contributed by atoms with Gasteiger partial charge in [0.05, 0.1) is 0 Å². The minimum Gasteiger partial charge on any atom is -0.456 e. The average molecular weight is 424 g/mol. The van der Waals surface area contributed by atoms with Gasteiger partial charge in [-0.25, -0.2) is 0 Å². The lowest BCUT2D eigenvalue weighted by Gasteiger charge is -2.29. The van der Waals surface area contributed by atoms with Crippen LogP contribution in [0.5, 0.6) is 0 Å². The molecule has 2 nitrogen and oxygen atoms in total. The van der Waals surface area contributed by atoms with Gasteiger partial charge in [0.15, 0.2) is 0 Å². The summed E-state index contributed by atoms with van der Waals surface area (Å²) in [6.45, 7) is 0. The Kier molecular flexibility index (Phi) is 3.73. The van der Waals surface area contributed by atoms with Crippen LogP contribution in [0.15, 0.2) is 120 Å². The molecule has 0 bridgehead atoms. The number of benzene rings is 5. The second kappa shape index (κ2) is 6.68. The molecule has 0 radical (unpaired) electrons.